The van der Waals surface area contributed by atoms with Gasteiger partial charge in [0.15, 0.2) is 11.5 Å². The zero-order valence-corrected chi connectivity index (χ0v) is 17.6. The highest BCUT2D eigenvalue weighted by molar-refractivity contribution is 7.93. The normalized spacial score (nSPS) is 11.4. The Labute approximate surface area is 171 Å². The lowest BCUT2D eigenvalue weighted by Crippen LogP contribution is -2.36. The Hall–Kier alpha value is -2.85. The summed E-state index contributed by atoms with van der Waals surface area (Å²) in [6.45, 7) is 1.78. The minimum absolute atomic E-state index is 0.0339. The number of carbonyl (C=O) groups is 1. The van der Waals surface area contributed by atoms with E-state index in [2.05, 4.69) is 0 Å². The summed E-state index contributed by atoms with van der Waals surface area (Å²) in [5, 5.41) is 0. The molecule has 0 N–H and O–H groups in total. The van der Waals surface area contributed by atoms with Gasteiger partial charge in [0.1, 0.15) is 5.58 Å². The molecule has 0 spiro atoms. The summed E-state index contributed by atoms with van der Waals surface area (Å²) in [4.78, 5) is 23.6. The number of methoxy groups -OCH3 is 2. The number of fused-ring (bicyclic) bond motifs is 1. The van der Waals surface area contributed by atoms with Crippen molar-refractivity contribution in [3.8, 4) is 11.5 Å². The second-order valence-electron chi connectivity index (χ2n) is 6.02. The predicted octanol–water partition coefficient (Wildman–Crippen LogP) is 3.39. The number of sulfonamides is 1. The van der Waals surface area contributed by atoms with E-state index in [0.717, 1.165) is 15.6 Å². The topological polar surface area (TPSA) is 103 Å². The van der Waals surface area contributed by atoms with E-state index in [1.165, 1.54) is 50.6 Å². The largest absolute Gasteiger partial charge is 0.493 e. The first-order valence-electron chi connectivity index (χ1n) is 8.65. The molecule has 3 rings (SSSR count). The predicted molar refractivity (Wildman–Crippen MR) is 109 cm³/mol. The maximum absolute atomic E-state index is 13.4. The third kappa shape index (κ3) is 3.99. The summed E-state index contributed by atoms with van der Waals surface area (Å²) in [5.74, 6) is -0.0000699. The number of hydrogen-bond acceptors (Lipinski definition) is 8. The van der Waals surface area contributed by atoms with Crippen molar-refractivity contribution < 1.29 is 27.1 Å². The molecule has 0 saturated carbocycles. The highest BCUT2D eigenvalue weighted by Gasteiger charge is 2.31. The molecule has 2 aromatic carbocycles. The third-order valence-electron chi connectivity index (χ3n) is 4.13. The summed E-state index contributed by atoms with van der Waals surface area (Å²) in [6, 6.07) is 8.46. The molecule has 10 heteroatoms. The van der Waals surface area contributed by atoms with Crippen molar-refractivity contribution in [1.82, 2.24) is 0 Å². The van der Waals surface area contributed by atoms with Crippen LogP contribution in [0.3, 0.4) is 0 Å². The number of anilines is 1. The number of rotatable bonds is 7. The Morgan fingerprint density at radius 1 is 1.10 bits per heavy atom. The van der Waals surface area contributed by atoms with Crippen molar-refractivity contribution in [3.05, 3.63) is 46.1 Å². The number of hydrogen-bond donors (Lipinski definition) is 0. The van der Waals surface area contributed by atoms with Crippen LogP contribution in [-0.2, 0) is 14.8 Å². The zero-order chi connectivity index (χ0) is 21.2. The Morgan fingerprint density at radius 2 is 1.83 bits per heavy atom. The summed E-state index contributed by atoms with van der Waals surface area (Å²) >= 11 is 0.835. The monoisotopic (exact) mass is 437 g/mol. The Kier molecular flexibility index (Phi) is 5.94. The van der Waals surface area contributed by atoms with Gasteiger partial charge in [-0.25, -0.2) is 17.5 Å². The highest BCUT2D eigenvalue weighted by atomic mass is 32.2. The lowest BCUT2D eigenvalue weighted by Gasteiger charge is -2.23. The van der Waals surface area contributed by atoms with Gasteiger partial charge in [0, 0.05) is 12.5 Å². The Morgan fingerprint density at radius 3 is 2.48 bits per heavy atom. The van der Waals surface area contributed by atoms with Crippen molar-refractivity contribution in [2.75, 3.05) is 18.5 Å². The van der Waals surface area contributed by atoms with Crippen molar-refractivity contribution in [2.24, 2.45) is 0 Å². The fraction of sp³-hybridized carbons (Fsp3) is 0.263. The van der Waals surface area contributed by atoms with E-state index in [1.807, 2.05) is 0 Å². The van der Waals surface area contributed by atoms with E-state index in [0.29, 0.717) is 22.5 Å². The van der Waals surface area contributed by atoms with Gasteiger partial charge in [0.05, 0.1) is 29.5 Å². The fourth-order valence-corrected chi connectivity index (χ4v) is 4.96. The van der Waals surface area contributed by atoms with Crippen LogP contribution >= 0.6 is 11.3 Å². The van der Waals surface area contributed by atoms with Gasteiger partial charge < -0.3 is 13.9 Å². The molecule has 1 heterocycles. The van der Waals surface area contributed by atoms with Crippen LogP contribution in [0, 0.1) is 0 Å². The SMILES string of the molecule is CCCC(=O)N(c1ccc2oc(=O)sc2c1)S(=O)(=O)c1ccc(OC)c(OC)c1. The van der Waals surface area contributed by atoms with E-state index in [1.54, 1.807) is 6.92 Å². The highest BCUT2D eigenvalue weighted by Crippen LogP contribution is 2.33. The van der Waals surface area contributed by atoms with Gasteiger partial charge in [-0.15, -0.1) is 0 Å². The Bertz CT molecular complexity index is 1210. The number of nitrogens with zero attached hydrogens (tertiary/aromatic N) is 1. The second-order valence-corrected chi connectivity index (χ2v) is 8.78. The summed E-state index contributed by atoms with van der Waals surface area (Å²) in [5.41, 5.74) is 0.456. The first kappa shape index (κ1) is 20.9. The first-order valence-corrected chi connectivity index (χ1v) is 10.9. The average molecular weight is 437 g/mol. The summed E-state index contributed by atoms with van der Waals surface area (Å²) < 4.78 is 43.3. The number of benzene rings is 2. The molecule has 0 atom stereocenters. The van der Waals surface area contributed by atoms with Gasteiger partial charge >= 0.3 is 4.94 Å². The maximum atomic E-state index is 13.4. The van der Waals surface area contributed by atoms with Gasteiger partial charge in [0.25, 0.3) is 10.0 Å². The second kappa shape index (κ2) is 8.26. The van der Waals surface area contributed by atoms with E-state index in [-0.39, 0.29) is 22.8 Å². The number of amides is 1. The zero-order valence-electron chi connectivity index (χ0n) is 16.0. The fourth-order valence-electron chi connectivity index (χ4n) is 2.80. The molecule has 0 aliphatic rings. The molecule has 0 aliphatic carbocycles. The van der Waals surface area contributed by atoms with Crippen LogP contribution in [0.15, 0.2) is 50.5 Å². The third-order valence-corrected chi connectivity index (χ3v) is 6.67. The molecule has 29 heavy (non-hydrogen) atoms. The average Bonchev–Trinajstić information content (AvgIpc) is 3.06. The summed E-state index contributed by atoms with van der Waals surface area (Å²) in [6.07, 6.45) is 0.504. The van der Waals surface area contributed by atoms with Crippen LogP contribution in [0.4, 0.5) is 5.69 Å². The van der Waals surface area contributed by atoms with Crippen LogP contribution in [0.5, 0.6) is 11.5 Å². The molecule has 1 amide bonds. The molecule has 3 aromatic rings. The van der Waals surface area contributed by atoms with Crippen LogP contribution < -0.4 is 18.7 Å². The van der Waals surface area contributed by atoms with E-state index < -0.39 is 20.9 Å². The molecular weight excluding hydrogens is 418 g/mol. The van der Waals surface area contributed by atoms with Gasteiger partial charge in [-0.05, 0) is 36.8 Å². The van der Waals surface area contributed by atoms with Crippen molar-refractivity contribution in [2.45, 2.75) is 24.7 Å². The molecule has 1 aromatic heterocycles. The molecule has 0 radical (unpaired) electrons. The minimum Gasteiger partial charge on any atom is -0.493 e. The van der Waals surface area contributed by atoms with Gasteiger partial charge in [-0.1, -0.05) is 18.3 Å². The van der Waals surface area contributed by atoms with Crippen LogP contribution in [0.25, 0.3) is 10.3 Å². The van der Waals surface area contributed by atoms with Crippen LogP contribution in [0.1, 0.15) is 19.8 Å². The minimum atomic E-state index is -4.25. The van der Waals surface area contributed by atoms with Gasteiger partial charge in [-0.2, -0.15) is 0 Å². The van der Waals surface area contributed by atoms with Crippen molar-refractivity contribution in [3.63, 3.8) is 0 Å². The standard InChI is InChI=1S/C19H19NO7S2/c1-4-5-18(21)20(12-6-8-15-17(10-12)28-19(22)27-15)29(23,24)13-7-9-14(25-2)16(11-13)26-3/h6-11H,4-5H2,1-3H3. The van der Waals surface area contributed by atoms with Crippen molar-refractivity contribution >= 4 is 43.2 Å². The molecule has 8 nitrogen and oxygen atoms in total. The number of ether oxygens (including phenoxy) is 2. The first-order chi connectivity index (χ1) is 13.8. The van der Waals surface area contributed by atoms with E-state index >= 15 is 0 Å². The van der Waals surface area contributed by atoms with Crippen LogP contribution in [0.2, 0.25) is 0 Å². The van der Waals surface area contributed by atoms with Crippen molar-refractivity contribution in [1.29, 1.82) is 0 Å². The molecule has 0 bridgehead atoms. The molecule has 0 fully saturated rings. The smallest absolute Gasteiger partial charge is 0.396 e. The van der Waals surface area contributed by atoms with E-state index in [9.17, 15) is 18.0 Å². The molecule has 0 saturated heterocycles. The van der Waals surface area contributed by atoms with Crippen LogP contribution in [-0.4, -0.2) is 28.5 Å². The Balaban J connectivity index is 2.17. The molecule has 154 valence electrons. The van der Waals surface area contributed by atoms with E-state index in [4.69, 9.17) is 13.9 Å². The quantitative estimate of drug-likeness (QED) is 0.558. The number of carbonyl (C=O) groups excluding carboxylic acids is 1. The molecular formula is C19H19NO7S2. The lowest BCUT2D eigenvalue weighted by molar-refractivity contribution is -0.117. The van der Waals surface area contributed by atoms with Gasteiger partial charge in [-0.3, -0.25) is 4.79 Å². The molecule has 0 unspecified atom stereocenters. The lowest BCUT2D eigenvalue weighted by atomic mass is 10.2. The molecule has 0 aliphatic heterocycles. The van der Waals surface area contributed by atoms with Gasteiger partial charge in [0.2, 0.25) is 5.91 Å². The summed E-state index contributed by atoms with van der Waals surface area (Å²) in [7, 11) is -1.42. The maximum Gasteiger partial charge on any atom is 0.396 e.